The monoisotopic (exact) mass is 294 g/mol. The Morgan fingerprint density at radius 3 is 2.63 bits per heavy atom. The van der Waals surface area contributed by atoms with Gasteiger partial charge in [0.25, 0.3) is 0 Å². The summed E-state index contributed by atoms with van der Waals surface area (Å²) in [5.74, 6) is -0.163. The van der Waals surface area contributed by atoms with E-state index in [1.807, 2.05) is 0 Å². The zero-order valence-corrected chi connectivity index (χ0v) is 12.5. The fraction of sp³-hybridized carbons (Fsp3) is 0.286. The largest absolute Gasteiger partial charge is 0.318 e. The average molecular weight is 295 g/mol. The summed E-state index contributed by atoms with van der Waals surface area (Å²) < 4.78 is 0. The number of anilines is 2. The molecule has 1 heterocycles. The van der Waals surface area contributed by atoms with E-state index in [2.05, 4.69) is 48.0 Å². The molecule has 2 rings (SSSR count). The van der Waals surface area contributed by atoms with Crippen LogP contribution >= 0.6 is 22.9 Å². The lowest BCUT2D eigenvalue weighted by atomic mass is 10.2. The van der Waals surface area contributed by atoms with Crippen LogP contribution in [0.2, 0.25) is 0 Å². The molecule has 5 heteroatoms. The SMILES string of the molecule is CCN(c1ccc(C)cc1)c1nc(C(=O)CCl)cs1. The van der Waals surface area contributed by atoms with Crippen LogP contribution in [0.25, 0.3) is 0 Å². The number of halogens is 1. The lowest BCUT2D eigenvalue weighted by Gasteiger charge is -2.19. The number of aromatic nitrogens is 1. The Hall–Kier alpha value is -1.39. The van der Waals surface area contributed by atoms with Crippen LogP contribution in [0, 0.1) is 6.92 Å². The van der Waals surface area contributed by atoms with Crippen LogP contribution in [0.15, 0.2) is 29.6 Å². The minimum atomic E-state index is -0.135. The van der Waals surface area contributed by atoms with Crippen LogP contribution in [0.4, 0.5) is 10.8 Å². The lowest BCUT2D eigenvalue weighted by molar-refractivity contribution is 0.101. The Balaban J connectivity index is 2.29. The second-order valence-corrected chi connectivity index (χ2v) is 5.26. The van der Waals surface area contributed by atoms with Crippen molar-refractivity contribution in [2.24, 2.45) is 0 Å². The number of thiazole rings is 1. The molecule has 0 bridgehead atoms. The van der Waals surface area contributed by atoms with E-state index in [-0.39, 0.29) is 11.7 Å². The summed E-state index contributed by atoms with van der Waals surface area (Å²) in [7, 11) is 0. The van der Waals surface area contributed by atoms with E-state index in [4.69, 9.17) is 11.6 Å². The van der Waals surface area contributed by atoms with Crippen molar-refractivity contribution in [2.45, 2.75) is 13.8 Å². The van der Waals surface area contributed by atoms with Gasteiger partial charge in [0.2, 0.25) is 0 Å². The predicted molar refractivity (Wildman–Crippen MR) is 81.0 cm³/mol. The van der Waals surface area contributed by atoms with Crippen LogP contribution < -0.4 is 4.90 Å². The van der Waals surface area contributed by atoms with Crippen molar-refractivity contribution >= 4 is 39.5 Å². The number of Topliss-reactive ketones (excluding diaryl/α,β-unsaturated/α-hetero) is 1. The van der Waals surface area contributed by atoms with Crippen LogP contribution in [0.5, 0.6) is 0 Å². The van der Waals surface area contributed by atoms with Crippen molar-refractivity contribution in [1.29, 1.82) is 0 Å². The van der Waals surface area contributed by atoms with Gasteiger partial charge in [0.05, 0.1) is 5.88 Å². The molecule has 0 fully saturated rings. The van der Waals surface area contributed by atoms with Crippen molar-refractivity contribution < 1.29 is 4.79 Å². The molecular weight excluding hydrogens is 280 g/mol. The number of nitrogens with zero attached hydrogens (tertiary/aromatic N) is 2. The molecule has 1 aromatic carbocycles. The molecule has 0 spiro atoms. The Bertz CT molecular complexity index is 565. The van der Waals surface area contributed by atoms with Gasteiger partial charge in [-0.2, -0.15) is 0 Å². The summed E-state index contributed by atoms with van der Waals surface area (Å²) in [5, 5.41) is 2.58. The Morgan fingerprint density at radius 2 is 2.05 bits per heavy atom. The van der Waals surface area contributed by atoms with Gasteiger partial charge in [0, 0.05) is 17.6 Å². The molecule has 1 aromatic heterocycles. The first-order chi connectivity index (χ1) is 9.15. The van der Waals surface area contributed by atoms with Crippen molar-refractivity contribution in [1.82, 2.24) is 4.98 Å². The number of alkyl halides is 1. The minimum Gasteiger partial charge on any atom is -0.318 e. The highest BCUT2D eigenvalue weighted by atomic mass is 35.5. The van der Waals surface area contributed by atoms with Crippen LogP contribution in [-0.4, -0.2) is 23.2 Å². The third-order valence-corrected chi connectivity index (χ3v) is 3.90. The highest BCUT2D eigenvalue weighted by molar-refractivity contribution is 7.14. The molecule has 0 aliphatic heterocycles. The summed E-state index contributed by atoms with van der Waals surface area (Å²) in [6, 6.07) is 8.25. The highest BCUT2D eigenvalue weighted by Gasteiger charge is 2.14. The van der Waals surface area contributed by atoms with Crippen molar-refractivity contribution in [3.05, 3.63) is 40.9 Å². The maximum absolute atomic E-state index is 11.5. The highest BCUT2D eigenvalue weighted by Crippen LogP contribution is 2.28. The van der Waals surface area contributed by atoms with Crippen molar-refractivity contribution in [3.8, 4) is 0 Å². The molecule has 0 N–H and O–H groups in total. The molecule has 100 valence electrons. The summed E-state index contributed by atoms with van der Waals surface area (Å²) >= 11 is 7.01. The summed E-state index contributed by atoms with van der Waals surface area (Å²) in [6.07, 6.45) is 0. The lowest BCUT2D eigenvalue weighted by Crippen LogP contribution is -2.16. The fourth-order valence-electron chi connectivity index (χ4n) is 1.74. The first-order valence-electron chi connectivity index (χ1n) is 6.04. The first-order valence-corrected chi connectivity index (χ1v) is 7.46. The molecule has 0 radical (unpaired) electrons. The van der Waals surface area contributed by atoms with E-state index in [9.17, 15) is 4.79 Å². The number of benzene rings is 1. The van der Waals surface area contributed by atoms with Gasteiger partial charge in [0.15, 0.2) is 10.9 Å². The number of carbonyl (C=O) groups excluding carboxylic acids is 1. The van der Waals surface area contributed by atoms with Gasteiger partial charge in [-0.05, 0) is 26.0 Å². The smallest absolute Gasteiger partial charge is 0.196 e. The van der Waals surface area contributed by atoms with E-state index in [0.717, 1.165) is 17.4 Å². The van der Waals surface area contributed by atoms with Gasteiger partial charge >= 0.3 is 0 Å². The molecule has 0 unspecified atom stereocenters. The molecule has 0 amide bonds. The summed E-state index contributed by atoms with van der Waals surface area (Å²) in [6.45, 7) is 4.91. The van der Waals surface area contributed by atoms with E-state index in [0.29, 0.717) is 5.69 Å². The predicted octanol–water partition coefficient (Wildman–Crippen LogP) is 4.03. The van der Waals surface area contributed by atoms with Crippen molar-refractivity contribution in [2.75, 3.05) is 17.3 Å². The zero-order valence-electron chi connectivity index (χ0n) is 10.9. The Morgan fingerprint density at radius 1 is 1.37 bits per heavy atom. The van der Waals surface area contributed by atoms with Crippen LogP contribution in [-0.2, 0) is 0 Å². The fourth-order valence-corrected chi connectivity index (χ4v) is 2.79. The number of aryl methyl sites for hydroxylation is 1. The van der Waals surface area contributed by atoms with Crippen molar-refractivity contribution in [3.63, 3.8) is 0 Å². The molecule has 2 aromatic rings. The van der Waals surface area contributed by atoms with Crippen LogP contribution in [0.3, 0.4) is 0 Å². The maximum atomic E-state index is 11.5. The number of hydrogen-bond acceptors (Lipinski definition) is 4. The Labute approximate surface area is 121 Å². The normalized spacial score (nSPS) is 10.5. The first kappa shape index (κ1) is 14.0. The maximum Gasteiger partial charge on any atom is 0.196 e. The third-order valence-electron chi connectivity index (χ3n) is 2.79. The van der Waals surface area contributed by atoms with E-state index < -0.39 is 0 Å². The zero-order chi connectivity index (χ0) is 13.8. The molecule has 0 aliphatic rings. The number of carbonyl (C=O) groups is 1. The molecule has 0 saturated carbocycles. The second kappa shape index (κ2) is 6.17. The molecule has 0 atom stereocenters. The molecule has 0 saturated heterocycles. The third kappa shape index (κ3) is 3.14. The minimum absolute atomic E-state index is 0.0279. The number of rotatable bonds is 5. The molecular formula is C14H15ClN2OS. The van der Waals surface area contributed by atoms with Gasteiger partial charge in [-0.3, -0.25) is 4.79 Å². The molecule has 19 heavy (non-hydrogen) atoms. The topological polar surface area (TPSA) is 33.2 Å². The average Bonchev–Trinajstić information content (AvgIpc) is 2.90. The summed E-state index contributed by atoms with van der Waals surface area (Å²) in [4.78, 5) is 18.0. The van der Waals surface area contributed by atoms with Gasteiger partial charge in [0.1, 0.15) is 5.69 Å². The second-order valence-electron chi connectivity index (χ2n) is 4.15. The number of ketones is 1. The standard InChI is InChI=1S/C14H15ClN2OS/c1-3-17(11-6-4-10(2)5-7-11)14-16-12(9-19-14)13(18)8-15/h4-7,9H,3,8H2,1-2H3. The molecule has 0 aliphatic carbocycles. The van der Waals surface area contributed by atoms with E-state index >= 15 is 0 Å². The quantitative estimate of drug-likeness (QED) is 0.616. The van der Waals surface area contributed by atoms with Gasteiger partial charge in [-0.1, -0.05) is 17.7 Å². The van der Waals surface area contributed by atoms with E-state index in [1.165, 1.54) is 16.9 Å². The van der Waals surface area contributed by atoms with Gasteiger partial charge in [-0.25, -0.2) is 4.98 Å². The van der Waals surface area contributed by atoms with Crippen LogP contribution in [0.1, 0.15) is 23.0 Å². The number of hydrogen-bond donors (Lipinski definition) is 0. The summed E-state index contributed by atoms with van der Waals surface area (Å²) in [5.41, 5.74) is 2.74. The van der Waals surface area contributed by atoms with E-state index in [1.54, 1.807) is 5.38 Å². The van der Waals surface area contributed by atoms with Gasteiger partial charge < -0.3 is 4.90 Å². The molecule has 3 nitrogen and oxygen atoms in total. The Kier molecular flexibility index (Phi) is 4.56. The van der Waals surface area contributed by atoms with Gasteiger partial charge in [-0.15, -0.1) is 22.9 Å².